The molecule has 2 aromatic carbocycles. The summed E-state index contributed by atoms with van der Waals surface area (Å²) < 4.78 is 43.5. The van der Waals surface area contributed by atoms with E-state index in [-0.39, 0.29) is 23.4 Å². The van der Waals surface area contributed by atoms with Crippen LogP contribution in [0.3, 0.4) is 0 Å². The molecule has 1 aliphatic heterocycles. The normalized spacial score (nSPS) is 15.2. The molecule has 1 unspecified atom stereocenters. The number of methoxy groups -OCH3 is 3. The number of likely N-dealkylation sites (N-methyl/N-ethyl adjacent to an activating group) is 1. The van der Waals surface area contributed by atoms with Gasteiger partial charge in [-0.2, -0.15) is 0 Å². The highest BCUT2D eigenvalue weighted by Gasteiger charge is 2.34. The number of ether oxygens (including phenoxy) is 3. The summed E-state index contributed by atoms with van der Waals surface area (Å²) in [6.07, 6.45) is 3.08. The van der Waals surface area contributed by atoms with Crippen molar-refractivity contribution in [1.29, 1.82) is 0 Å². The maximum Gasteiger partial charge on any atom is 0.338 e. The molecule has 3 rings (SSSR count). The second-order valence-electron chi connectivity index (χ2n) is 10.2. The molecule has 0 bridgehead atoms. The summed E-state index contributed by atoms with van der Waals surface area (Å²) in [5.41, 5.74) is 1.22. The summed E-state index contributed by atoms with van der Waals surface area (Å²) in [6.45, 7) is 2.79. The Balaban J connectivity index is 1.67. The van der Waals surface area contributed by atoms with Crippen LogP contribution < -0.4 is 15.4 Å². The van der Waals surface area contributed by atoms with Gasteiger partial charge in [-0.15, -0.1) is 0 Å². The van der Waals surface area contributed by atoms with Crippen LogP contribution in [-0.4, -0.2) is 89.4 Å². The summed E-state index contributed by atoms with van der Waals surface area (Å²) in [6, 6.07) is 9.44. The minimum atomic E-state index is -1.24. The average molecular weight is 603 g/mol. The number of nitrogens with zero attached hydrogens (tertiary/aromatic N) is 2. The largest absolute Gasteiger partial charge is 0.497 e. The van der Waals surface area contributed by atoms with E-state index in [9.17, 15) is 23.2 Å². The van der Waals surface area contributed by atoms with E-state index in [0.29, 0.717) is 25.3 Å². The van der Waals surface area contributed by atoms with Gasteiger partial charge in [-0.05, 0) is 80.2 Å². The Bertz CT molecular complexity index is 1280. The number of rotatable bonds is 14. The van der Waals surface area contributed by atoms with Crippen LogP contribution in [0.25, 0.3) is 0 Å². The van der Waals surface area contributed by atoms with Crippen LogP contribution in [0.4, 0.5) is 13.6 Å². The minimum absolute atomic E-state index is 0.0103. The first-order valence-electron chi connectivity index (χ1n) is 14.1. The lowest BCUT2D eigenvalue weighted by atomic mass is 9.89. The van der Waals surface area contributed by atoms with Crippen molar-refractivity contribution < 1.29 is 37.4 Å². The van der Waals surface area contributed by atoms with Crippen LogP contribution in [0.5, 0.6) is 5.75 Å². The molecule has 1 heterocycles. The first-order valence-corrected chi connectivity index (χ1v) is 14.1. The molecule has 1 atom stereocenters. The zero-order chi connectivity index (χ0) is 31.4. The molecule has 1 aliphatic rings. The standard InChI is InChI=1S/C31H40F2N4O6/c1-36(29(23-9-10-25(32)26(33)18-23)28(30(39)43-4)27(19-41-2)35-20-38)31(40)34-13-6-14-37-15-11-21(12-16-37)22-7-5-8-24(17-22)42-3/h5,7-10,17-18,20-21,29H,6,11-16,19H2,1-4H3,(H,34,40)(H,35,38)/b28-27+. The molecule has 234 valence electrons. The number of carbonyl (C=O) groups excluding carboxylic acids is 3. The minimum Gasteiger partial charge on any atom is -0.497 e. The third-order valence-corrected chi connectivity index (χ3v) is 7.57. The van der Waals surface area contributed by atoms with Crippen molar-refractivity contribution in [2.75, 3.05) is 61.2 Å². The van der Waals surface area contributed by atoms with Crippen molar-refractivity contribution in [1.82, 2.24) is 20.4 Å². The average Bonchev–Trinajstić information content (AvgIpc) is 3.02. The number of urea groups is 1. The van der Waals surface area contributed by atoms with Crippen molar-refractivity contribution in [3.8, 4) is 5.75 Å². The molecule has 1 saturated heterocycles. The van der Waals surface area contributed by atoms with Crippen LogP contribution in [0.15, 0.2) is 53.7 Å². The summed E-state index contributed by atoms with van der Waals surface area (Å²) in [5, 5.41) is 5.25. The molecular weight excluding hydrogens is 562 g/mol. The van der Waals surface area contributed by atoms with Crippen LogP contribution in [0.2, 0.25) is 0 Å². The Morgan fingerprint density at radius 3 is 2.47 bits per heavy atom. The second-order valence-corrected chi connectivity index (χ2v) is 10.2. The maximum atomic E-state index is 14.3. The second kappa shape index (κ2) is 16.6. The molecular formula is C31H40F2N4O6. The van der Waals surface area contributed by atoms with E-state index in [0.717, 1.165) is 57.5 Å². The van der Waals surface area contributed by atoms with Crippen molar-refractivity contribution in [2.24, 2.45) is 0 Å². The number of hydrogen-bond donors (Lipinski definition) is 2. The maximum absolute atomic E-state index is 14.3. The number of amides is 3. The lowest BCUT2D eigenvalue weighted by Gasteiger charge is -2.33. The van der Waals surface area contributed by atoms with Gasteiger partial charge in [0.05, 0.1) is 38.1 Å². The van der Waals surface area contributed by atoms with Gasteiger partial charge < -0.3 is 34.6 Å². The van der Waals surface area contributed by atoms with E-state index >= 15 is 0 Å². The monoisotopic (exact) mass is 602 g/mol. The Labute approximate surface area is 251 Å². The summed E-state index contributed by atoms with van der Waals surface area (Å²) in [5.74, 6) is -1.80. The number of nitrogens with one attached hydrogen (secondary N) is 2. The molecule has 10 nitrogen and oxygen atoms in total. The lowest BCUT2D eigenvalue weighted by Crippen LogP contribution is -2.43. The topological polar surface area (TPSA) is 109 Å². The van der Waals surface area contributed by atoms with Crippen molar-refractivity contribution >= 4 is 18.4 Å². The van der Waals surface area contributed by atoms with Crippen LogP contribution in [-0.2, 0) is 19.1 Å². The quantitative estimate of drug-likeness (QED) is 0.147. The zero-order valence-electron chi connectivity index (χ0n) is 25.0. The summed E-state index contributed by atoms with van der Waals surface area (Å²) in [4.78, 5) is 41.1. The summed E-state index contributed by atoms with van der Waals surface area (Å²) in [7, 11) is 5.57. The SMILES string of the molecule is COC/C(NC=O)=C(\C(=O)OC)C(c1ccc(F)c(F)c1)N(C)C(=O)NCCCN1CCC(c2cccc(OC)c2)CC1. The van der Waals surface area contributed by atoms with E-state index in [4.69, 9.17) is 14.2 Å². The molecule has 0 spiro atoms. The number of likely N-dealkylation sites (tertiary alicyclic amines) is 1. The van der Waals surface area contributed by atoms with E-state index in [2.05, 4.69) is 27.7 Å². The third kappa shape index (κ3) is 8.98. The van der Waals surface area contributed by atoms with E-state index in [1.165, 1.54) is 30.7 Å². The number of halogens is 2. The Morgan fingerprint density at radius 2 is 1.84 bits per heavy atom. The molecule has 43 heavy (non-hydrogen) atoms. The number of benzene rings is 2. The predicted octanol–water partition coefficient (Wildman–Crippen LogP) is 3.75. The highest BCUT2D eigenvalue weighted by Crippen LogP contribution is 2.32. The van der Waals surface area contributed by atoms with E-state index < -0.39 is 29.7 Å². The Hall–Kier alpha value is -4.03. The molecule has 2 N–H and O–H groups in total. The van der Waals surface area contributed by atoms with Gasteiger partial charge in [0.2, 0.25) is 6.41 Å². The molecule has 0 radical (unpaired) electrons. The number of esters is 1. The molecule has 0 aliphatic carbocycles. The van der Waals surface area contributed by atoms with Crippen LogP contribution >= 0.6 is 0 Å². The molecule has 3 amide bonds. The highest BCUT2D eigenvalue weighted by atomic mass is 19.2. The molecule has 0 saturated carbocycles. The van der Waals surface area contributed by atoms with Crippen molar-refractivity contribution in [3.63, 3.8) is 0 Å². The lowest BCUT2D eigenvalue weighted by molar-refractivity contribution is -0.136. The fraction of sp³-hybridized carbons (Fsp3) is 0.452. The molecule has 2 aromatic rings. The van der Waals surface area contributed by atoms with E-state index in [1.807, 2.05) is 12.1 Å². The predicted molar refractivity (Wildman–Crippen MR) is 156 cm³/mol. The highest BCUT2D eigenvalue weighted by molar-refractivity contribution is 5.92. The van der Waals surface area contributed by atoms with Crippen molar-refractivity contribution in [3.05, 3.63) is 76.5 Å². The van der Waals surface area contributed by atoms with Gasteiger partial charge in [0.15, 0.2) is 11.6 Å². The Kier molecular flexibility index (Phi) is 12.9. The summed E-state index contributed by atoms with van der Waals surface area (Å²) >= 11 is 0. The van der Waals surface area contributed by atoms with Gasteiger partial charge in [-0.3, -0.25) is 4.79 Å². The first kappa shape index (κ1) is 33.5. The smallest absolute Gasteiger partial charge is 0.338 e. The fourth-order valence-electron chi connectivity index (χ4n) is 5.31. The van der Waals surface area contributed by atoms with Gasteiger partial charge in [0.25, 0.3) is 0 Å². The number of piperidine rings is 1. The number of hydrogen-bond acceptors (Lipinski definition) is 7. The molecule has 0 aromatic heterocycles. The van der Waals surface area contributed by atoms with Crippen LogP contribution in [0, 0.1) is 11.6 Å². The van der Waals surface area contributed by atoms with Gasteiger partial charge in [-0.1, -0.05) is 18.2 Å². The number of carbonyl (C=O) groups is 3. The van der Waals surface area contributed by atoms with Gasteiger partial charge in [-0.25, -0.2) is 18.4 Å². The van der Waals surface area contributed by atoms with Gasteiger partial charge >= 0.3 is 12.0 Å². The zero-order valence-corrected chi connectivity index (χ0v) is 25.0. The van der Waals surface area contributed by atoms with Crippen molar-refractivity contribution in [2.45, 2.75) is 31.2 Å². The third-order valence-electron chi connectivity index (χ3n) is 7.57. The molecule has 1 fully saturated rings. The molecule has 12 heteroatoms. The van der Waals surface area contributed by atoms with Gasteiger partial charge in [0.1, 0.15) is 5.75 Å². The van der Waals surface area contributed by atoms with Gasteiger partial charge in [0, 0.05) is 20.7 Å². The first-order chi connectivity index (χ1) is 20.7. The van der Waals surface area contributed by atoms with Crippen LogP contribution in [0.1, 0.15) is 42.3 Å². The Morgan fingerprint density at radius 1 is 1.09 bits per heavy atom. The van der Waals surface area contributed by atoms with E-state index in [1.54, 1.807) is 7.11 Å². The fourth-order valence-corrected chi connectivity index (χ4v) is 5.31.